The highest BCUT2D eigenvalue weighted by Gasteiger charge is 2.08. The maximum Gasteiger partial charge on any atom is 0.0136 e. The average Bonchev–Trinajstić information content (AvgIpc) is 2.55. The summed E-state index contributed by atoms with van der Waals surface area (Å²) in [6.45, 7) is 4.51. The monoisotopic (exact) mass is 298 g/mol. The first-order chi connectivity index (χ1) is 10.9. The summed E-state index contributed by atoms with van der Waals surface area (Å²) in [4.78, 5) is 0. The maximum absolute atomic E-state index is 3.44. The molecule has 122 valence electrons. The zero-order valence-corrected chi connectivity index (χ0v) is 14.9. The molecule has 0 bridgehead atoms. The number of hydrogen-bond acceptors (Lipinski definition) is 0. The molecule has 0 atom stereocenters. The lowest BCUT2D eigenvalue weighted by Gasteiger charge is -2.11. The van der Waals surface area contributed by atoms with Gasteiger partial charge in [0, 0.05) is 24.0 Å². The maximum atomic E-state index is 3.44. The van der Waals surface area contributed by atoms with E-state index in [4.69, 9.17) is 0 Å². The Morgan fingerprint density at radius 1 is 0.636 bits per heavy atom. The van der Waals surface area contributed by atoms with E-state index in [9.17, 15) is 0 Å². The van der Waals surface area contributed by atoms with Crippen LogP contribution in [0.1, 0.15) is 104 Å². The fourth-order valence-electron chi connectivity index (χ4n) is 2.80. The van der Waals surface area contributed by atoms with Gasteiger partial charge in [-0.05, 0) is 38.5 Å². The molecule has 0 spiro atoms. The normalized spacial score (nSPS) is 14.1. The van der Waals surface area contributed by atoms with Crippen LogP contribution in [0.5, 0.6) is 0 Å². The van der Waals surface area contributed by atoms with Crippen molar-refractivity contribution in [3.63, 3.8) is 0 Å². The summed E-state index contributed by atoms with van der Waals surface area (Å²) in [6, 6.07) is 0. The first-order valence-electron chi connectivity index (χ1n) is 9.58. The Morgan fingerprint density at radius 3 is 1.50 bits per heavy atom. The second-order valence-corrected chi connectivity index (χ2v) is 6.39. The van der Waals surface area contributed by atoms with E-state index in [1.807, 2.05) is 0 Å². The molecular formula is C22H34. The summed E-state index contributed by atoms with van der Waals surface area (Å²) in [5.74, 6) is 13.6. The van der Waals surface area contributed by atoms with E-state index in [1.165, 1.54) is 75.4 Å². The molecule has 1 aliphatic carbocycles. The third-order valence-corrected chi connectivity index (χ3v) is 4.26. The van der Waals surface area contributed by atoms with Gasteiger partial charge in [0.1, 0.15) is 0 Å². The molecule has 0 saturated carbocycles. The molecular weight excluding hydrogens is 264 g/mol. The molecule has 0 aromatic carbocycles. The fraction of sp³-hybridized carbons (Fsp3) is 0.727. The van der Waals surface area contributed by atoms with Crippen molar-refractivity contribution < 1.29 is 0 Å². The topological polar surface area (TPSA) is 0 Å². The summed E-state index contributed by atoms with van der Waals surface area (Å²) in [5.41, 5.74) is 2.70. The van der Waals surface area contributed by atoms with Crippen molar-refractivity contribution >= 4 is 0 Å². The van der Waals surface area contributed by atoms with Crippen LogP contribution < -0.4 is 0 Å². The van der Waals surface area contributed by atoms with E-state index in [0.717, 1.165) is 25.7 Å². The summed E-state index contributed by atoms with van der Waals surface area (Å²) >= 11 is 0. The van der Waals surface area contributed by atoms with E-state index in [2.05, 4.69) is 37.5 Å². The van der Waals surface area contributed by atoms with Crippen molar-refractivity contribution in [2.24, 2.45) is 0 Å². The quantitative estimate of drug-likeness (QED) is 0.341. The molecule has 0 aliphatic heterocycles. The second-order valence-electron chi connectivity index (χ2n) is 6.39. The van der Waals surface area contributed by atoms with Gasteiger partial charge in [0.15, 0.2) is 0 Å². The Bertz CT molecular complexity index is 388. The van der Waals surface area contributed by atoms with Gasteiger partial charge in [0.05, 0.1) is 0 Å². The van der Waals surface area contributed by atoms with E-state index < -0.39 is 0 Å². The van der Waals surface area contributed by atoms with Gasteiger partial charge < -0.3 is 0 Å². The molecule has 0 saturated heterocycles. The summed E-state index contributed by atoms with van der Waals surface area (Å²) in [6.07, 6.45) is 17.5. The van der Waals surface area contributed by atoms with Crippen molar-refractivity contribution in [1.29, 1.82) is 0 Å². The average molecular weight is 299 g/mol. The molecule has 0 heterocycles. The van der Waals surface area contributed by atoms with Gasteiger partial charge >= 0.3 is 0 Å². The van der Waals surface area contributed by atoms with Gasteiger partial charge in [-0.25, -0.2) is 0 Å². The van der Waals surface area contributed by atoms with Gasteiger partial charge in [-0.2, -0.15) is 0 Å². The van der Waals surface area contributed by atoms with E-state index in [1.54, 1.807) is 0 Å². The van der Waals surface area contributed by atoms with Gasteiger partial charge in [-0.1, -0.05) is 76.1 Å². The number of allylic oxidation sites excluding steroid dienone is 2. The first kappa shape index (κ1) is 18.9. The zero-order chi connectivity index (χ0) is 15.9. The molecule has 0 aromatic heterocycles. The van der Waals surface area contributed by atoms with Crippen LogP contribution in [0.25, 0.3) is 0 Å². The van der Waals surface area contributed by atoms with Gasteiger partial charge in [0.2, 0.25) is 0 Å². The van der Waals surface area contributed by atoms with E-state index >= 15 is 0 Å². The minimum absolute atomic E-state index is 1.06. The molecule has 1 aliphatic rings. The molecule has 0 amide bonds. The number of rotatable bonds is 8. The van der Waals surface area contributed by atoms with Gasteiger partial charge in [-0.15, -0.1) is 0 Å². The first-order valence-corrected chi connectivity index (χ1v) is 9.58. The molecule has 0 fully saturated rings. The molecule has 1 rings (SSSR count). The van der Waals surface area contributed by atoms with Crippen molar-refractivity contribution in [3.05, 3.63) is 11.1 Å². The Hall–Kier alpha value is -1.14. The lowest BCUT2D eigenvalue weighted by molar-refractivity contribution is 0.678. The van der Waals surface area contributed by atoms with Crippen molar-refractivity contribution in [2.45, 2.75) is 104 Å². The van der Waals surface area contributed by atoms with E-state index in [-0.39, 0.29) is 0 Å². The van der Waals surface area contributed by atoms with Crippen molar-refractivity contribution in [3.8, 4) is 23.7 Å². The lowest BCUT2D eigenvalue weighted by atomic mass is 9.92. The fourth-order valence-corrected chi connectivity index (χ4v) is 2.80. The molecule has 0 unspecified atom stereocenters. The van der Waals surface area contributed by atoms with Crippen molar-refractivity contribution in [2.75, 3.05) is 0 Å². The van der Waals surface area contributed by atoms with Crippen LogP contribution in [0.15, 0.2) is 11.1 Å². The van der Waals surface area contributed by atoms with Crippen molar-refractivity contribution in [1.82, 2.24) is 0 Å². The Morgan fingerprint density at radius 2 is 1.09 bits per heavy atom. The summed E-state index contributed by atoms with van der Waals surface area (Å²) < 4.78 is 0. The third kappa shape index (κ3) is 9.00. The molecule has 0 nitrogen and oxygen atoms in total. The highest BCUT2D eigenvalue weighted by Crippen LogP contribution is 2.23. The number of unbranched alkanes of at least 4 members (excludes halogenated alkanes) is 8. The van der Waals surface area contributed by atoms with Crippen LogP contribution in [0.4, 0.5) is 0 Å². The largest absolute Gasteiger partial charge is 0.0982 e. The SMILES string of the molecule is CCCCCCC#CC1=C(C#CCCCCCC)CCCC1. The summed E-state index contributed by atoms with van der Waals surface area (Å²) in [7, 11) is 0. The molecule has 0 radical (unpaired) electrons. The van der Waals surface area contributed by atoms with Crippen LogP contribution >= 0.6 is 0 Å². The lowest BCUT2D eigenvalue weighted by Crippen LogP contribution is -1.96. The van der Waals surface area contributed by atoms with E-state index in [0.29, 0.717) is 0 Å². The second kappa shape index (κ2) is 13.5. The zero-order valence-electron chi connectivity index (χ0n) is 14.9. The van der Waals surface area contributed by atoms with Crippen LogP contribution in [-0.4, -0.2) is 0 Å². The minimum atomic E-state index is 1.06. The van der Waals surface area contributed by atoms with Crippen LogP contribution in [-0.2, 0) is 0 Å². The molecule has 0 N–H and O–H groups in total. The highest BCUT2D eigenvalue weighted by atomic mass is 14.1. The summed E-state index contributed by atoms with van der Waals surface area (Å²) in [5, 5.41) is 0. The minimum Gasteiger partial charge on any atom is -0.0982 e. The van der Waals surface area contributed by atoms with Crippen LogP contribution in [0, 0.1) is 23.7 Å². The Labute approximate surface area is 139 Å². The third-order valence-electron chi connectivity index (χ3n) is 4.26. The molecule has 22 heavy (non-hydrogen) atoms. The van der Waals surface area contributed by atoms with Gasteiger partial charge in [-0.3, -0.25) is 0 Å². The predicted octanol–water partition coefficient (Wildman–Crippen LogP) is 6.80. The number of hydrogen-bond donors (Lipinski definition) is 0. The highest BCUT2D eigenvalue weighted by molar-refractivity contribution is 5.44. The molecule has 0 heteroatoms. The predicted molar refractivity (Wildman–Crippen MR) is 98.6 cm³/mol. The van der Waals surface area contributed by atoms with Crippen LogP contribution in [0.3, 0.4) is 0 Å². The standard InChI is InChI=1S/C22H34/c1-3-5-7-9-11-13-17-21-19-15-16-20-22(21)18-14-12-10-8-6-4-2/h3-12,15-16,19-20H2,1-2H3. The Kier molecular flexibility index (Phi) is 11.6. The molecule has 0 aromatic rings. The van der Waals surface area contributed by atoms with Crippen LogP contribution in [0.2, 0.25) is 0 Å². The Balaban J connectivity index is 2.43. The van der Waals surface area contributed by atoms with Gasteiger partial charge in [0.25, 0.3) is 0 Å². The smallest absolute Gasteiger partial charge is 0.0136 e.